The second-order valence-electron chi connectivity index (χ2n) is 3.51. The molecular weight excluding hydrogens is 242 g/mol. The van der Waals surface area contributed by atoms with Gasteiger partial charge in [0, 0.05) is 6.07 Å². The number of ketones is 1. The van der Waals surface area contributed by atoms with Gasteiger partial charge in [-0.2, -0.15) is 0 Å². The van der Waals surface area contributed by atoms with Crippen molar-refractivity contribution in [2.75, 3.05) is 6.61 Å². The van der Waals surface area contributed by atoms with Gasteiger partial charge in [0.25, 0.3) is 11.5 Å². The van der Waals surface area contributed by atoms with Crippen LogP contribution in [0.1, 0.15) is 5.56 Å². The molecule has 0 atom stereocenters. The average molecular weight is 249 g/mol. The van der Waals surface area contributed by atoms with Crippen LogP contribution in [0, 0.1) is 10.1 Å². The minimum Gasteiger partial charge on any atom is -0.506 e. The molecule has 1 aromatic carbocycles. The van der Waals surface area contributed by atoms with Gasteiger partial charge in [-0.25, -0.2) is 4.79 Å². The van der Waals surface area contributed by atoms with Crippen molar-refractivity contribution in [3.8, 4) is 0 Å². The number of rotatable bonds is 2. The lowest BCUT2D eigenvalue weighted by atomic mass is 10.1. The first-order valence-electron chi connectivity index (χ1n) is 4.89. The zero-order valence-corrected chi connectivity index (χ0v) is 8.95. The summed E-state index contributed by atoms with van der Waals surface area (Å²) in [6.07, 6.45) is 0. The Morgan fingerprint density at radius 1 is 1.33 bits per heavy atom. The molecule has 7 nitrogen and oxygen atoms in total. The number of carbonyl (C=O) groups is 2. The van der Waals surface area contributed by atoms with Crippen molar-refractivity contribution < 1.29 is 24.4 Å². The highest BCUT2D eigenvalue weighted by atomic mass is 16.6. The number of benzene rings is 1. The van der Waals surface area contributed by atoms with Gasteiger partial charge in [0.15, 0.2) is 0 Å². The number of nitro benzene ring substituents is 1. The number of nitro groups is 1. The van der Waals surface area contributed by atoms with Gasteiger partial charge >= 0.3 is 5.97 Å². The van der Waals surface area contributed by atoms with Gasteiger partial charge in [0.05, 0.1) is 16.1 Å². The monoisotopic (exact) mass is 249 g/mol. The second-order valence-corrected chi connectivity index (χ2v) is 3.51. The van der Waals surface area contributed by atoms with E-state index in [0.29, 0.717) is 0 Å². The van der Waals surface area contributed by atoms with E-state index in [0.717, 1.165) is 0 Å². The molecule has 7 heteroatoms. The Labute approximate surface area is 100 Å². The van der Waals surface area contributed by atoms with E-state index in [9.17, 15) is 24.8 Å². The zero-order valence-electron chi connectivity index (χ0n) is 8.95. The zero-order chi connectivity index (χ0) is 13.3. The van der Waals surface area contributed by atoms with Crippen LogP contribution in [0.2, 0.25) is 0 Å². The number of aliphatic hydroxyl groups excluding tert-OH is 1. The number of nitrogens with zero attached hydrogens (tertiary/aromatic N) is 1. The highest BCUT2D eigenvalue weighted by Gasteiger charge is 2.33. The number of Topliss-reactive ketones (excluding diaryl/α,β-unsaturated/α-hetero) is 1. The maximum Gasteiger partial charge on any atom is 0.379 e. The van der Waals surface area contributed by atoms with Crippen LogP contribution in [-0.2, 0) is 14.3 Å². The van der Waals surface area contributed by atoms with Crippen LogP contribution in [0.3, 0.4) is 0 Å². The third-order valence-electron chi connectivity index (χ3n) is 2.45. The summed E-state index contributed by atoms with van der Waals surface area (Å²) < 4.78 is 4.44. The van der Waals surface area contributed by atoms with E-state index >= 15 is 0 Å². The minimum atomic E-state index is -1.07. The summed E-state index contributed by atoms with van der Waals surface area (Å²) in [6.45, 7) is -0.379. The van der Waals surface area contributed by atoms with Gasteiger partial charge in [-0.15, -0.1) is 0 Å². The second kappa shape index (κ2) is 4.28. The maximum atomic E-state index is 11.3. The lowest BCUT2D eigenvalue weighted by molar-refractivity contribution is -0.385. The smallest absolute Gasteiger partial charge is 0.379 e. The fourth-order valence-corrected chi connectivity index (χ4v) is 1.56. The first kappa shape index (κ1) is 11.8. The Kier molecular flexibility index (Phi) is 2.80. The number of ether oxygens (including phenoxy) is 1. The maximum absolute atomic E-state index is 11.3. The summed E-state index contributed by atoms with van der Waals surface area (Å²) in [5.41, 5.74) is -0.743. The van der Waals surface area contributed by atoms with Crippen molar-refractivity contribution in [1.82, 2.24) is 0 Å². The van der Waals surface area contributed by atoms with Gasteiger partial charge in [-0.1, -0.05) is 12.1 Å². The quantitative estimate of drug-likeness (QED) is 0.209. The van der Waals surface area contributed by atoms with Gasteiger partial charge in [-0.3, -0.25) is 14.9 Å². The SMILES string of the molecule is O=C1OC/C(=C(/O)c2ccccc2[N+](=O)[O-])C1=O. The molecule has 0 amide bonds. The molecule has 1 aliphatic heterocycles. The molecule has 0 radical (unpaired) electrons. The fraction of sp³-hybridized carbons (Fsp3) is 0.0909. The Balaban J connectivity index is 2.56. The molecule has 18 heavy (non-hydrogen) atoms. The highest BCUT2D eigenvalue weighted by Crippen LogP contribution is 2.28. The van der Waals surface area contributed by atoms with Crippen LogP contribution < -0.4 is 0 Å². The minimum absolute atomic E-state index is 0.121. The first-order chi connectivity index (χ1) is 8.52. The van der Waals surface area contributed by atoms with Crippen molar-refractivity contribution in [3.63, 3.8) is 0 Å². The van der Waals surface area contributed by atoms with Crippen molar-refractivity contribution >= 4 is 23.2 Å². The molecule has 0 aromatic heterocycles. The van der Waals surface area contributed by atoms with Crippen molar-refractivity contribution in [3.05, 3.63) is 45.5 Å². The van der Waals surface area contributed by atoms with E-state index in [1.165, 1.54) is 24.3 Å². The van der Waals surface area contributed by atoms with Crippen molar-refractivity contribution in [2.45, 2.75) is 0 Å². The topological polar surface area (TPSA) is 107 Å². The van der Waals surface area contributed by atoms with E-state index in [2.05, 4.69) is 4.74 Å². The first-order valence-corrected chi connectivity index (χ1v) is 4.89. The van der Waals surface area contributed by atoms with Crippen LogP contribution in [0.4, 0.5) is 5.69 Å². The highest BCUT2D eigenvalue weighted by molar-refractivity contribution is 6.43. The molecule has 0 spiro atoms. The van der Waals surface area contributed by atoms with Crippen LogP contribution in [0.25, 0.3) is 5.76 Å². The van der Waals surface area contributed by atoms with E-state index < -0.39 is 22.4 Å². The molecule has 1 aliphatic rings. The predicted octanol–water partition coefficient (Wildman–Crippen LogP) is 0.990. The summed E-state index contributed by atoms with van der Waals surface area (Å²) in [5, 5.41) is 20.6. The van der Waals surface area contributed by atoms with Crippen LogP contribution in [-0.4, -0.2) is 28.4 Å². The number of hydrogen-bond acceptors (Lipinski definition) is 6. The molecule has 0 bridgehead atoms. The van der Waals surface area contributed by atoms with Gasteiger partial charge in [0.2, 0.25) is 0 Å². The normalized spacial score (nSPS) is 17.6. The molecule has 0 unspecified atom stereocenters. The molecular formula is C11H7NO6. The third-order valence-corrected chi connectivity index (χ3v) is 2.45. The number of cyclic esters (lactones) is 1. The van der Waals surface area contributed by atoms with Gasteiger partial charge in [-0.05, 0) is 6.07 Å². The molecule has 0 saturated carbocycles. The van der Waals surface area contributed by atoms with E-state index in [4.69, 9.17) is 0 Å². The van der Waals surface area contributed by atoms with Crippen LogP contribution in [0.15, 0.2) is 29.8 Å². The molecule has 0 aliphatic carbocycles. The van der Waals surface area contributed by atoms with E-state index in [-0.39, 0.29) is 23.4 Å². The third kappa shape index (κ3) is 1.81. The average Bonchev–Trinajstić information content (AvgIpc) is 2.69. The summed E-state index contributed by atoms with van der Waals surface area (Å²) in [4.78, 5) is 32.3. The summed E-state index contributed by atoms with van der Waals surface area (Å²) in [5.74, 6) is -2.65. The number of aliphatic hydroxyl groups is 1. The molecule has 92 valence electrons. The van der Waals surface area contributed by atoms with E-state index in [1.807, 2.05) is 0 Å². The van der Waals surface area contributed by atoms with Crippen LogP contribution in [0.5, 0.6) is 0 Å². The molecule has 1 heterocycles. The lowest BCUT2D eigenvalue weighted by Gasteiger charge is -2.03. The molecule has 1 aromatic rings. The standard InChI is InChI=1S/C11H7NO6/c13-9(7-5-18-11(15)10(7)14)6-3-1-2-4-8(6)12(16)17/h1-4,13H,5H2/b9-7-. The Morgan fingerprint density at radius 3 is 2.56 bits per heavy atom. The van der Waals surface area contributed by atoms with Gasteiger partial charge < -0.3 is 9.84 Å². The number of carbonyl (C=O) groups excluding carboxylic acids is 2. The van der Waals surface area contributed by atoms with Crippen molar-refractivity contribution in [2.24, 2.45) is 0 Å². The number of hydrogen-bond donors (Lipinski definition) is 1. The largest absolute Gasteiger partial charge is 0.506 e. The number of esters is 1. The van der Waals surface area contributed by atoms with Crippen molar-refractivity contribution in [1.29, 1.82) is 0 Å². The Bertz CT molecular complexity index is 589. The predicted molar refractivity (Wildman–Crippen MR) is 58.6 cm³/mol. The molecule has 1 fully saturated rings. The summed E-state index contributed by atoms with van der Waals surface area (Å²) in [7, 11) is 0. The molecule has 1 saturated heterocycles. The lowest BCUT2D eigenvalue weighted by Crippen LogP contribution is -2.08. The van der Waals surface area contributed by atoms with E-state index in [1.54, 1.807) is 0 Å². The Morgan fingerprint density at radius 2 is 2.00 bits per heavy atom. The summed E-state index contributed by atoms with van der Waals surface area (Å²) in [6, 6.07) is 5.38. The van der Waals surface area contributed by atoms with Gasteiger partial charge in [0.1, 0.15) is 12.4 Å². The van der Waals surface area contributed by atoms with Crippen LogP contribution >= 0.6 is 0 Å². The summed E-state index contributed by atoms with van der Waals surface area (Å²) >= 11 is 0. The molecule has 2 rings (SSSR count). The number of para-hydroxylation sites is 1. The Hall–Kier alpha value is -2.70. The molecule has 1 N–H and O–H groups in total. The fourth-order valence-electron chi connectivity index (χ4n) is 1.56.